The molecule has 0 aliphatic heterocycles. The van der Waals surface area contributed by atoms with E-state index in [0.29, 0.717) is 17.3 Å². The lowest BCUT2D eigenvalue weighted by Gasteiger charge is -2.11. The van der Waals surface area contributed by atoms with Crippen molar-refractivity contribution in [1.29, 1.82) is 0 Å². The Hall–Kier alpha value is -2.82. The van der Waals surface area contributed by atoms with Crippen LogP contribution in [0.2, 0.25) is 0 Å². The van der Waals surface area contributed by atoms with Gasteiger partial charge in [-0.05, 0) is 62.6 Å². The first-order valence-electron chi connectivity index (χ1n) is 8.07. The average molecular weight is 323 g/mol. The number of hydrogen-bond donors (Lipinski definition) is 3. The molecule has 1 fully saturated rings. The molecule has 0 spiro atoms. The van der Waals surface area contributed by atoms with Crippen molar-refractivity contribution in [3.8, 4) is 0 Å². The number of hydrogen-bond acceptors (Lipinski definition) is 2. The van der Waals surface area contributed by atoms with Crippen LogP contribution >= 0.6 is 0 Å². The zero-order chi connectivity index (χ0) is 17.1. The molecule has 1 aliphatic carbocycles. The van der Waals surface area contributed by atoms with E-state index in [1.54, 1.807) is 24.3 Å². The quantitative estimate of drug-likeness (QED) is 0.800. The van der Waals surface area contributed by atoms with Crippen molar-refractivity contribution in [1.82, 2.24) is 5.32 Å². The van der Waals surface area contributed by atoms with Crippen LogP contribution in [0.5, 0.6) is 0 Å². The number of nitrogens with one attached hydrogen (secondary N) is 3. The van der Waals surface area contributed by atoms with Crippen LogP contribution < -0.4 is 16.0 Å². The molecule has 3 rings (SSSR count). The first-order chi connectivity index (χ1) is 11.5. The van der Waals surface area contributed by atoms with E-state index in [2.05, 4.69) is 16.0 Å². The van der Waals surface area contributed by atoms with Crippen LogP contribution in [0.4, 0.5) is 16.2 Å². The van der Waals surface area contributed by atoms with Gasteiger partial charge >= 0.3 is 6.03 Å². The molecule has 0 radical (unpaired) electrons. The lowest BCUT2D eigenvalue weighted by molar-refractivity contribution is 0.0951. The molecule has 124 valence electrons. The van der Waals surface area contributed by atoms with Crippen molar-refractivity contribution < 1.29 is 9.59 Å². The molecule has 0 aromatic heterocycles. The number of amides is 3. The second kappa shape index (κ2) is 6.74. The van der Waals surface area contributed by atoms with Crippen LogP contribution in [0.25, 0.3) is 0 Å². The van der Waals surface area contributed by atoms with Gasteiger partial charge in [0.25, 0.3) is 5.91 Å². The van der Waals surface area contributed by atoms with Crippen LogP contribution in [0.1, 0.15) is 34.3 Å². The smallest absolute Gasteiger partial charge is 0.323 e. The monoisotopic (exact) mass is 323 g/mol. The zero-order valence-corrected chi connectivity index (χ0v) is 13.8. The third kappa shape index (κ3) is 4.13. The maximum Gasteiger partial charge on any atom is 0.323 e. The summed E-state index contributed by atoms with van der Waals surface area (Å²) in [6, 6.07) is 12.8. The number of carbonyl (C=O) groups is 2. The second-order valence-electron chi connectivity index (χ2n) is 6.22. The molecule has 5 heteroatoms. The van der Waals surface area contributed by atoms with Crippen molar-refractivity contribution in [3.05, 3.63) is 59.2 Å². The van der Waals surface area contributed by atoms with Crippen LogP contribution in [-0.4, -0.2) is 18.0 Å². The van der Waals surface area contributed by atoms with E-state index in [0.717, 1.165) is 29.7 Å². The number of urea groups is 1. The van der Waals surface area contributed by atoms with Crippen LogP contribution in [0.15, 0.2) is 42.5 Å². The summed E-state index contributed by atoms with van der Waals surface area (Å²) in [5, 5.41) is 8.53. The van der Waals surface area contributed by atoms with E-state index in [9.17, 15) is 9.59 Å². The van der Waals surface area contributed by atoms with Gasteiger partial charge in [-0.3, -0.25) is 4.79 Å². The summed E-state index contributed by atoms with van der Waals surface area (Å²) >= 11 is 0. The fraction of sp³-hybridized carbons (Fsp3) is 0.263. The van der Waals surface area contributed by atoms with Crippen molar-refractivity contribution in [2.75, 3.05) is 10.6 Å². The second-order valence-corrected chi connectivity index (χ2v) is 6.22. The third-order valence-corrected chi connectivity index (χ3v) is 3.95. The first-order valence-corrected chi connectivity index (χ1v) is 8.07. The first kappa shape index (κ1) is 16.1. The van der Waals surface area contributed by atoms with Gasteiger partial charge in [-0.15, -0.1) is 0 Å². The van der Waals surface area contributed by atoms with Gasteiger partial charge in [0.1, 0.15) is 0 Å². The van der Waals surface area contributed by atoms with Crippen molar-refractivity contribution in [2.24, 2.45) is 0 Å². The lowest BCUT2D eigenvalue weighted by atomic mass is 10.1. The van der Waals surface area contributed by atoms with Gasteiger partial charge in [0.2, 0.25) is 0 Å². The fourth-order valence-corrected chi connectivity index (χ4v) is 2.44. The number of carbonyl (C=O) groups excluding carboxylic acids is 2. The Balaban J connectivity index is 1.58. The molecular formula is C19H21N3O2. The lowest BCUT2D eigenvalue weighted by Crippen LogP contribution is -2.25. The maximum atomic E-state index is 12.1. The Morgan fingerprint density at radius 3 is 2.29 bits per heavy atom. The van der Waals surface area contributed by atoms with Crippen LogP contribution in [0, 0.1) is 13.8 Å². The molecule has 0 atom stereocenters. The summed E-state index contributed by atoms with van der Waals surface area (Å²) < 4.78 is 0. The number of aryl methyl sites for hydroxylation is 2. The van der Waals surface area contributed by atoms with E-state index in [1.807, 2.05) is 32.0 Å². The van der Waals surface area contributed by atoms with Gasteiger partial charge < -0.3 is 16.0 Å². The Morgan fingerprint density at radius 2 is 1.67 bits per heavy atom. The van der Waals surface area contributed by atoms with Gasteiger partial charge in [-0.2, -0.15) is 0 Å². The van der Waals surface area contributed by atoms with Gasteiger partial charge in [-0.25, -0.2) is 4.79 Å². The minimum absolute atomic E-state index is 0.0659. The Labute approximate surface area is 141 Å². The highest BCUT2D eigenvalue weighted by Crippen LogP contribution is 2.20. The topological polar surface area (TPSA) is 70.2 Å². The third-order valence-electron chi connectivity index (χ3n) is 3.95. The summed E-state index contributed by atoms with van der Waals surface area (Å²) in [6.07, 6.45) is 2.12. The molecule has 3 N–H and O–H groups in total. The highest BCUT2D eigenvalue weighted by molar-refractivity contribution is 6.01. The predicted octanol–water partition coefficient (Wildman–Crippen LogP) is 3.84. The standard InChI is InChI=1S/C19H21N3O2/c1-12-3-10-17(13(2)11-12)22-19(24)21-16-6-4-14(5-7-16)18(23)20-15-8-9-15/h3-7,10-11,15H,8-9H2,1-2H3,(H,20,23)(H2,21,22,24). The highest BCUT2D eigenvalue weighted by Gasteiger charge is 2.23. The van der Waals surface area contributed by atoms with Crippen molar-refractivity contribution in [3.63, 3.8) is 0 Å². The van der Waals surface area contributed by atoms with E-state index in [1.165, 1.54) is 0 Å². The Kier molecular flexibility index (Phi) is 4.51. The number of benzene rings is 2. The normalized spacial score (nSPS) is 13.2. The molecule has 3 amide bonds. The molecule has 1 aliphatic rings. The van der Waals surface area contributed by atoms with Gasteiger partial charge in [0.05, 0.1) is 0 Å². The Bertz CT molecular complexity index is 765. The molecule has 1 saturated carbocycles. The van der Waals surface area contributed by atoms with Crippen LogP contribution in [0.3, 0.4) is 0 Å². The van der Waals surface area contributed by atoms with Crippen molar-refractivity contribution in [2.45, 2.75) is 32.7 Å². The van der Waals surface area contributed by atoms with Crippen LogP contribution in [-0.2, 0) is 0 Å². The molecule has 5 nitrogen and oxygen atoms in total. The van der Waals surface area contributed by atoms with Crippen molar-refractivity contribution >= 4 is 23.3 Å². The molecule has 24 heavy (non-hydrogen) atoms. The molecule has 0 unspecified atom stereocenters. The molecule has 2 aromatic carbocycles. The average Bonchev–Trinajstić information content (AvgIpc) is 3.35. The fourth-order valence-electron chi connectivity index (χ4n) is 2.44. The van der Waals surface area contributed by atoms with E-state index in [-0.39, 0.29) is 11.9 Å². The number of rotatable bonds is 4. The largest absolute Gasteiger partial charge is 0.349 e. The maximum absolute atomic E-state index is 12.1. The summed E-state index contributed by atoms with van der Waals surface area (Å²) in [5.74, 6) is -0.0659. The van der Waals surface area contributed by atoms with E-state index >= 15 is 0 Å². The minimum atomic E-state index is -0.308. The highest BCUT2D eigenvalue weighted by atomic mass is 16.2. The molecule has 0 saturated heterocycles. The molecule has 0 heterocycles. The molecule has 2 aromatic rings. The minimum Gasteiger partial charge on any atom is -0.349 e. The summed E-state index contributed by atoms with van der Waals surface area (Å²) in [4.78, 5) is 24.0. The zero-order valence-electron chi connectivity index (χ0n) is 13.8. The summed E-state index contributed by atoms with van der Waals surface area (Å²) in [6.45, 7) is 3.97. The van der Waals surface area contributed by atoms with Gasteiger partial charge in [0, 0.05) is 23.0 Å². The number of anilines is 2. The van der Waals surface area contributed by atoms with E-state index < -0.39 is 0 Å². The predicted molar refractivity (Wildman–Crippen MR) is 95.5 cm³/mol. The summed E-state index contributed by atoms with van der Waals surface area (Å²) in [5.41, 5.74) is 4.18. The molecular weight excluding hydrogens is 302 g/mol. The SMILES string of the molecule is Cc1ccc(NC(=O)Nc2ccc(C(=O)NC3CC3)cc2)c(C)c1. The Morgan fingerprint density at radius 1 is 0.958 bits per heavy atom. The summed E-state index contributed by atoms with van der Waals surface area (Å²) in [7, 11) is 0. The molecule has 0 bridgehead atoms. The van der Waals surface area contributed by atoms with E-state index in [4.69, 9.17) is 0 Å². The van der Waals surface area contributed by atoms with Gasteiger partial charge in [-0.1, -0.05) is 17.7 Å². The van der Waals surface area contributed by atoms with Gasteiger partial charge in [0.15, 0.2) is 0 Å².